The maximum absolute atomic E-state index is 9.98. The van der Waals surface area contributed by atoms with Crippen molar-refractivity contribution in [3.63, 3.8) is 0 Å². The minimum atomic E-state index is -0.759. The van der Waals surface area contributed by atoms with Gasteiger partial charge in [-0.25, -0.2) is 0 Å². The summed E-state index contributed by atoms with van der Waals surface area (Å²) in [7, 11) is 0. The third-order valence-electron chi connectivity index (χ3n) is 4.19. The quantitative estimate of drug-likeness (QED) is 0.678. The zero-order chi connectivity index (χ0) is 15.6. The highest BCUT2D eigenvalue weighted by molar-refractivity contribution is 5.22. The Morgan fingerprint density at radius 2 is 2.14 bits per heavy atom. The molecule has 1 aliphatic rings. The van der Waals surface area contributed by atoms with Crippen LogP contribution in [0.4, 0.5) is 0 Å². The topological polar surface area (TPSA) is 93.3 Å². The molecule has 0 saturated carbocycles. The van der Waals surface area contributed by atoms with E-state index in [0.29, 0.717) is 19.1 Å². The van der Waals surface area contributed by atoms with Crippen LogP contribution in [0.15, 0.2) is 6.20 Å². The summed E-state index contributed by atoms with van der Waals surface area (Å²) in [5.41, 5.74) is 13.7. The lowest BCUT2D eigenvalue weighted by Gasteiger charge is -2.28. The second kappa shape index (κ2) is 6.44. The maximum Gasteiger partial charge on any atom is 0.0786 e. The second-order valence-corrected chi connectivity index (χ2v) is 6.79. The molecule has 6 heteroatoms. The van der Waals surface area contributed by atoms with E-state index in [1.807, 2.05) is 10.9 Å². The van der Waals surface area contributed by atoms with Crippen LogP contribution >= 0.6 is 0 Å². The number of fused-ring (bicyclic) bond motifs is 1. The lowest BCUT2D eigenvalue weighted by atomic mass is 10.0. The van der Waals surface area contributed by atoms with Crippen LogP contribution in [0.5, 0.6) is 0 Å². The average molecular weight is 295 g/mol. The summed E-state index contributed by atoms with van der Waals surface area (Å²) in [6.07, 6.45) is 3.81. The van der Waals surface area contributed by atoms with Crippen molar-refractivity contribution in [3.8, 4) is 0 Å². The third-order valence-corrected chi connectivity index (χ3v) is 4.19. The van der Waals surface area contributed by atoms with E-state index in [2.05, 4.69) is 16.9 Å². The first kappa shape index (κ1) is 16.4. The number of aliphatic hydroxyl groups is 1. The summed E-state index contributed by atoms with van der Waals surface area (Å²) in [6, 6.07) is 0.512. The molecular weight excluding hydrogens is 266 g/mol. The molecule has 21 heavy (non-hydrogen) atoms. The molecule has 0 amide bonds. The zero-order valence-electron chi connectivity index (χ0n) is 13.4. The van der Waals surface area contributed by atoms with Gasteiger partial charge in [0.05, 0.1) is 24.0 Å². The Bertz CT molecular complexity index is 465. The first-order valence-corrected chi connectivity index (χ1v) is 7.79. The van der Waals surface area contributed by atoms with Gasteiger partial charge >= 0.3 is 0 Å². The van der Waals surface area contributed by atoms with Crippen LogP contribution in [0.1, 0.15) is 44.9 Å². The van der Waals surface area contributed by atoms with Crippen molar-refractivity contribution in [1.82, 2.24) is 14.7 Å². The van der Waals surface area contributed by atoms with Gasteiger partial charge in [0.2, 0.25) is 0 Å². The van der Waals surface area contributed by atoms with E-state index in [0.717, 1.165) is 25.9 Å². The largest absolute Gasteiger partial charge is 0.389 e. The molecule has 0 aliphatic carbocycles. The van der Waals surface area contributed by atoms with Crippen molar-refractivity contribution in [2.45, 2.75) is 70.9 Å². The molecule has 1 aromatic rings. The van der Waals surface area contributed by atoms with Crippen molar-refractivity contribution in [2.75, 3.05) is 6.54 Å². The van der Waals surface area contributed by atoms with Gasteiger partial charge in [0.1, 0.15) is 0 Å². The first-order chi connectivity index (χ1) is 9.84. The lowest BCUT2D eigenvalue weighted by molar-refractivity contribution is 0.0559. The first-order valence-electron chi connectivity index (χ1n) is 7.79. The molecule has 0 spiro atoms. The Kier molecular flexibility index (Phi) is 5.03. The number of nitrogens with zero attached hydrogens (tertiary/aromatic N) is 3. The Morgan fingerprint density at radius 1 is 1.43 bits per heavy atom. The Hall–Kier alpha value is -0.950. The predicted octanol–water partition coefficient (Wildman–Crippen LogP) is 0.424. The normalized spacial score (nSPS) is 18.8. The summed E-state index contributed by atoms with van der Waals surface area (Å²) >= 11 is 0. The van der Waals surface area contributed by atoms with Crippen LogP contribution in [0.3, 0.4) is 0 Å². The summed E-state index contributed by atoms with van der Waals surface area (Å²) < 4.78 is 1.92. The van der Waals surface area contributed by atoms with Crippen LogP contribution < -0.4 is 11.5 Å². The van der Waals surface area contributed by atoms with Crippen molar-refractivity contribution in [3.05, 3.63) is 17.5 Å². The molecule has 1 aromatic heterocycles. The van der Waals surface area contributed by atoms with Crippen LogP contribution in [-0.2, 0) is 19.6 Å². The van der Waals surface area contributed by atoms with Gasteiger partial charge in [0.25, 0.3) is 0 Å². The Balaban J connectivity index is 2.05. The van der Waals surface area contributed by atoms with Crippen LogP contribution in [0, 0.1) is 0 Å². The second-order valence-electron chi connectivity index (χ2n) is 6.79. The Morgan fingerprint density at radius 3 is 2.71 bits per heavy atom. The number of hydrogen-bond donors (Lipinski definition) is 3. The third kappa shape index (κ3) is 4.03. The highest BCUT2D eigenvalue weighted by Gasteiger charge is 2.30. The predicted molar refractivity (Wildman–Crippen MR) is 83.5 cm³/mol. The van der Waals surface area contributed by atoms with Crippen molar-refractivity contribution >= 4 is 0 Å². The molecule has 0 unspecified atom stereocenters. The molecule has 0 radical (unpaired) electrons. The summed E-state index contributed by atoms with van der Waals surface area (Å²) in [5, 5.41) is 14.4. The number of rotatable bonds is 7. The van der Waals surface area contributed by atoms with Gasteiger partial charge in [-0.3, -0.25) is 9.58 Å². The standard InChI is InChI=1S/C15H29N5O/c1-4-12(17)5-13(6-16)19-8-11-7-18-20(14(11)9-19)10-15(2,3)21/h7,12-13,21H,4-6,8-10,16-17H2,1-3H3/t12-,13-/m1/s1. The van der Waals surface area contributed by atoms with E-state index >= 15 is 0 Å². The van der Waals surface area contributed by atoms with E-state index in [4.69, 9.17) is 11.5 Å². The molecule has 0 saturated heterocycles. The fraction of sp³-hybridized carbons (Fsp3) is 0.800. The molecule has 5 N–H and O–H groups in total. The number of hydrogen-bond acceptors (Lipinski definition) is 5. The summed E-state index contributed by atoms with van der Waals surface area (Å²) in [5.74, 6) is 0. The Labute approximate surface area is 127 Å². The molecular formula is C15H29N5O. The fourth-order valence-electron chi connectivity index (χ4n) is 2.90. The van der Waals surface area contributed by atoms with E-state index in [1.165, 1.54) is 11.3 Å². The molecule has 1 aliphatic heterocycles. The zero-order valence-corrected chi connectivity index (χ0v) is 13.4. The van der Waals surface area contributed by atoms with E-state index in [-0.39, 0.29) is 6.04 Å². The molecule has 0 bridgehead atoms. The molecule has 120 valence electrons. The smallest absolute Gasteiger partial charge is 0.0786 e. The van der Waals surface area contributed by atoms with Gasteiger partial charge in [0.15, 0.2) is 0 Å². The minimum absolute atomic E-state index is 0.204. The van der Waals surface area contributed by atoms with Crippen molar-refractivity contribution < 1.29 is 5.11 Å². The highest BCUT2D eigenvalue weighted by atomic mass is 16.3. The van der Waals surface area contributed by atoms with Gasteiger partial charge in [0, 0.05) is 37.3 Å². The summed E-state index contributed by atoms with van der Waals surface area (Å²) in [4.78, 5) is 2.38. The van der Waals surface area contributed by atoms with Gasteiger partial charge < -0.3 is 16.6 Å². The highest BCUT2D eigenvalue weighted by Crippen LogP contribution is 2.26. The van der Waals surface area contributed by atoms with Gasteiger partial charge in [-0.2, -0.15) is 5.10 Å². The molecule has 0 fully saturated rings. The van der Waals surface area contributed by atoms with E-state index in [9.17, 15) is 5.11 Å². The number of nitrogens with two attached hydrogens (primary N) is 2. The molecule has 0 aromatic carbocycles. The monoisotopic (exact) mass is 295 g/mol. The average Bonchev–Trinajstić information content (AvgIpc) is 2.96. The van der Waals surface area contributed by atoms with Crippen LogP contribution in [0.2, 0.25) is 0 Å². The SMILES string of the molecule is CC[C@@H](N)C[C@H](CN)N1Cc2cnn(CC(C)(C)O)c2C1. The van der Waals surface area contributed by atoms with E-state index < -0.39 is 5.60 Å². The molecule has 2 atom stereocenters. The van der Waals surface area contributed by atoms with Crippen molar-refractivity contribution in [1.29, 1.82) is 0 Å². The minimum Gasteiger partial charge on any atom is -0.389 e. The maximum atomic E-state index is 9.98. The van der Waals surface area contributed by atoms with Crippen LogP contribution in [-0.4, -0.2) is 44.0 Å². The molecule has 2 heterocycles. The van der Waals surface area contributed by atoms with Gasteiger partial charge in [-0.15, -0.1) is 0 Å². The molecule has 2 rings (SSSR count). The van der Waals surface area contributed by atoms with Gasteiger partial charge in [-0.05, 0) is 26.7 Å². The lowest BCUT2D eigenvalue weighted by Crippen LogP contribution is -2.41. The van der Waals surface area contributed by atoms with Crippen LogP contribution in [0.25, 0.3) is 0 Å². The van der Waals surface area contributed by atoms with Gasteiger partial charge in [-0.1, -0.05) is 6.92 Å². The molecule has 6 nitrogen and oxygen atoms in total. The van der Waals surface area contributed by atoms with Crippen molar-refractivity contribution in [2.24, 2.45) is 11.5 Å². The van der Waals surface area contributed by atoms with E-state index in [1.54, 1.807) is 13.8 Å². The fourth-order valence-corrected chi connectivity index (χ4v) is 2.90. The number of aromatic nitrogens is 2. The summed E-state index contributed by atoms with van der Waals surface area (Å²) in [6.45, 7) is 8.56.